The van der Waals surface area contributed by atoms with Crippen LogP contribution in [-0.4, -0.2) is 29.5 Å². The summed E-state index contributed by atoms with van der Waals surface area (Å²) in [6.07, 6.45) is 9.13. The summed E-state index contributed by atoms with van der Waals surface area (Å²) < 4.78 is 3.30. The molecule has 0 spiro atoms. The van der Waals surface area contributed by atoms with E-state index in [4.69, 9.17) is 0 Å². The molecule has 0 aromatic carbocycles. The zero-order chi connectivity index (χ0) is 9.80. The second-order valence-electron chi connectivity index (χ2n) is 2.65. The van der Waals surface area contributed by atoms with E-state index < -0.39 is 0 Å². The molecule has 6 heteroatoms. The van der Waals surface area contributed by atoms with Gasteiger partial charge in [0.2, 0.25) is 0 Å². The van der Waals surface area contributed by atoms with Crippen LogP contribution in [0.15, 0.2) is 31.4 Å². The zero-order valence-corrected chi connectivity index (χ0v) is 7.78. The lowest BCUT2D eigenvalue weighted by molar-refractivity contribution is 0.618. The fourth-order valence-corrected chi connectivity index (χ4v) is 1.13. The minimum atomic E-state index is 0.836. The van der Waals surface area contributed by atoms with E-state index in [-0.39, 0.29) is 0 Å². The van der Waals surface area contributed by atoms with E-state index in [2.05, 4.69) is 20.2 Å². The molecule has 0 saturated carbocycles. The van der Waals surface area contributed by atoms with Gasteiger partial charge in [-0.05, 0) is 12.5 Å². The van der Waals surface area contributed by atoms with Gasteiger partial charge in [0, 0.05) is 0 Å². The van der Waals surface area contributed by atoms with E-state index in [0.29, 0.717) is 0 Å². The fraction of sp³-hybridized carbons (Fsp3) is 0.250. The Morgan fingerprint density at radius 1 is 1.14 bits per heavy atom. The first kappa shape index (κ1) is 8.61. The SMILES string of the molecule is CCC=C(n1cncn1)n1cncn1. The Morgan fingerprint density at radius 3 is 2.07 bits per heavy atom. The van der Waals surface area contributed by atoms with Crippen LogP contribution in [0.4, 0.5) is 0 Å². The summed E-state index contributed by atoms with van der Waals surface area (Å²) >= 11 is 0. The molecule has 2 rings (SSSR count). The van der Waals surface area contributed by atoms with Gasteiger partial charge in [-0.3, -0.25) is 0 Å². The van der Waals surface area contributed by atoms with Gasteiger partial charge in [-0.15, -0.1) is 0 Å². The van der Waals surface area contributed by atoms with Crippen molar-refractivity contribution in [2.45, 2.75) is 13.3 Å². The van der Waals surface area contributed by atoms with Crippen molar-refractivity contribution in [2.75, 3.05) is 0 Å². The second-order valence-corrected chi connectivity index (χ2v) is 2.65. The number of rotatable bonds is 3. The van der Waals surface area contributed by atoms with Crippen LogP contribution in [0.3, 0.4) is 0 Å². The van der Waals surface area contributed by atoms with Gasteiger partial charge < -0.3 is 0 Å². The summed E-state index contributed by atoms with van der Waals surface area (Å²) in [5.41, 5.74) is 0. The lowest BCUT2D eigenvalue weighted by Gasteiger charge is -2.04. The Bertz CT molecular complexity index is 363. The molecule has 0 fully saturated rings. The van der Waals surface area contributed by atoms with Gasteiger partial charge in [-0.2, -0.15) is 10.2 Å². The number of hydrogen-bond acceptors (Lipinski definition) is 4. The lowest BCUT2D eigenvalue weighted by Crippen LogP contribution is -2.12. The van der Waals surface area contributed by atoms with Gasteiger partial charge in [0.25, 0.3) is 0 Å². The van der Waals surface area contributed by atoms with Crippen LogP contribution >= 0.6 is 0 Å². The molecule has 0 radical (unpaired) electrons. The predicted octanol–water partition coefficient (Wildman–Crippen LogP) is 0.444. The standard InChI is InChI=1S/C8H10N6/c1-2-3-8(13-6-9-4-11-13)14-7-10-5-12-14/h3-7H,2H2,1H3. The van der Waals surface area contributed by atoms with E-state index >= 15 is 0 Å². The number of nitrogens with zero attached hydrogens (tertiary/aromatic N) is 6. The van der Waals surface area contributed by atoms with E-state index in [1.807, 2.05) is 13.0 Å². The topological polar surface area (TPSA) is 61.4 Å². The molecule has 0 saturated heterocycles. The van der Waals surface area contributed by atoms with Crippen LogP contribution in [0, 0.1) is 5.82 Å². The summed E-state index contributed by atoms with van der Waals surface area (Å²) in [7, 11) is 0. The van der Waals surface area contributed by atoms with Gasteiger partial charge in [-0.25, -0.2) is 19.3 Å². The summed E-state index contributed by atoms with van der Waals surface area (Å²) in [5.74, 6) is 0.836. The van der Waals surface area contributed by atoms with Crippen molar-refractivity contribution in [3.63, 3.8) is 0 Å². The molecule has 0 aliphatic carbocycles. The number of hydrogen-bond donors (Lipinski definition) is 0. The normalized spacial score (nSPS) is 10.1. The lowest BCUT2D eigenvalue weighted by atomic mass is 10.4. The maximum atomic E-state index is 4.04. The predicted molar refractivity (Wildman–Crippen MR) is 48.9 cm³/mol. The van der Waals surface area contributed by atoms with E-state index in [1.54, 1.807) is 22.0 Å². The van der Waals surface area contributed by atoms with Crippen molar-refractivity contribution in [3.05, 3.63) is 37.2 Å². The van der Waals surface area contributed by atoms with Crippen molar-refractivity contribution in [1.29, 1.82) is 0 Å². The summed E-state index contributed by atoms with van der Waals surface area (Å²) in [6.45, 7) is 2.05. The highest BCUT2D eigenvalue weighted by atomic mass is 15.5. The van der Waals surface area contributed by atoms with Gasteiger partial charge in [-0.1, -0.05) is 6.92 Å². The molecule has 72 valence electrons. The van der Waals surface area contributed by atoms with Crippen molar-refractivity contribution in [1.82, 2.24) is 29.5 Å². The highest BCUT2D eigenvalue weighted by molar-refractivity contribution is 4.92. The summed E-state index contributed by atoms with van der Waals surface area (Å²) in [4.78, 5) is 7.77. The molecule has 0 atom stereocenters. The molecule has 2 aromatic heterocycles. The Balaban J connectivity index is 2.40. The van der Waals surface area contributed by atoms with Gasteiger partial charge in [0.15, 0.2) is 5.82 Å². The first-order valence-corrected chi connectivity index (χ1v) is 4.32. The van der Waals surface area contributed by atoms with Crippen molar-refractivity contribution < 1.29 is 0 Å². The number of allylic oxidation sites excluding steroid dienone is 1. The van der Waals surface area contributed by atoms with Gasteiger partial charge in [0.05, 0.1) is 0 Å². The number of aromatic nitrogens is 6. The van der Waals surface area contributed by atoms with Crippen LogP contribution in [-0.2, 0) is 0 Å². The third kappa shape index (κ3) is 1.54. The minimum Gasteiger partial charge on any atom is -0.223 e. The molecule has 0 aliphatic rings. The van der Waals surface area contributed by atoms with Crippen LogP contribution in [0.1, 0.15) is 13.3 Å². The first-order valence-electron chi connectivity index (χ1n) is 4.32. The maximum absolute atomic E-state index is 4.04. The molecule has 0 amide bonds. The molecule has 6 nitrogen and oxygen atoms in total. The molecule has 2 heterocycles. The molecule has 0 unspecified atom stereocenters. The highest BCUT2D eigenvalue weighted by Crippen LogP contribution is 1.99. The second kappa shape index (κ2) is 3.82. The Morgan fingerprint density at radius 2 is 1.71 bits per heavy atom. The third-order valence-electron chi connectivity index (χ3n) is 1.69. The highest BCUT2D eigenvalue weighted by Gasteiger charge is 2.03. The van der Waals surface area contributed by atoms with Crippen LogP contribution in [0.25, 0.3) is 0 Å². The van der Waals surface area contributed by atoms with Crippen LogP contribution in [0.2, 0.25) is 0 Å². The van der Waals surface area contributed by atoms with Crippen LogP contribution < -0.4 is 0 Å². The molecule has 0 N–H and O–H groups in total. The summed E-state index contributed by atoms with van der Waals surface area (Å²) in [5, 5.41) is 8.08. The fourth-order valence-electron chi connectivity index (χ4n) is 1.13. The van der Waals surface area contributed by atoms with Crippen LogP contribution in [0.5, 0.6) is 0 Å². The van der Waals surface area contributed by atoms with E-state index in [1.165, 1.54) is 12.7 Å². The Kier molecular flexibility index (Phi) is 2.35. The molecule has 2 aromatic rings. The van der Waals surface area contributed by atoms with Crippen molar-refractivity contribution in [3.8, 4) is 0 Å². The largest absolute Gasteiger partial charge is 0.223 e. The average Bonchev–Trinajstić information content (AvgIpc) is 2.87. The Hall–Kier alpha value is -1.98. The van der Waals surface area contributed by atoms with Gasteiger partial charge >= 0.3 is 0 Å². The monoisotopic (exact) mass is 190 g/mol. The van der Waals surface area contributed by atoms with Gasteiger partial charge in [0.1, 0.15) is 25.3 Å². The Labute approximate surface area is 80.9 Å². The first-order chi connectivity index (χ1) is 6.92. The molecule has 0 bridgehead atoms. The minimum absolute atomic E-state index is 0.836. The third-order valence-corrected chi connectivity index (χ3v) is 1.69. The maximum Gasteiger partial charge on any atom is 0.154 e. The molecular weight excluding hydrogens is 180 g/mol. The average molecular weight is 190 g/mol. The summed E-state index contributed by atoms with van der Waals surface area (Å²) in [6, 6.07) is 0. The quantitative estimate of drug-likeness (QED) is 0.704. The van der Waals surface area contributed by atoms with Crippen molar-refractivity contribution >= 4 is 0 Å². The zero-order valence-electron chi connectivity index (χ0n) is 7.78. The van der Waals surface area contributed by atoms with Crippen molar-refractivity contribution in [2.24, 2.45) is 0 Å². The molecule has 14 heavy (non-hydrogen) atoms. The molecule has 0 aliphatic heterocycles. The van der Waals surface area contributed by atoms with E-state index in [9.17, 15) is 0 Å². The smallest absolute Gasteiger partial charge is 0.154 e. The molecular formula is C8H10N6. The van der Waals surface area contributed by atoms with E-state index in [0.717, 1.165) is 12.2 Å².